The van der Waals surface area contributed by atoms with E-state index < -0.39 is 11.6 Å². The number of hydrogen-bond acceptors (Lipinski definition) is 5. The number of imidazole rings is 1. The van der Waals surface area contributed by atoms with E-state index in [1.807, 2.05) is 4.57 Å². The van der Waals surface area contributed by atoms with E-state index in [1.165, 1.54) is 6.07 Å². The number of nitrogens with zero attached hydrogens (tertiary/aromatic N) is 5. The van der Waals surface area contributed by atoms with E-state index in [4.69, 9.17) is 0 Å². The molecule has 1 N–H and O–H groups in total. The van der Waals surface area contributed by atoms with E-state index in [9.17, 15) is 4.39 Å². The Hall–Kier alpha value is -3.03. The van der Waals surface area contributed by atoms with Crippen LogP contribution in [-0.4, -0.2) is 26.9 Å². The highest BCUT2D eigenvalue weighted by Crippen LogP contribution is 2.43. The molecule has 130 valence electrons. The SMILES string of the molecule is Fc1ccc(C2CC2)c(F)c1-c1nc2c3n1CCC=3N1N=CNC1=NC=2. The smallest absolute Gasteiger partial charge is 0.229 e. The van der Waals surface area contributed by atoms with Gasteiger partial charge in [0.05, 0.1) is 22.8 Å². The lowest BCUT2D eigenvalue weighted by atomic mass is 10.0. The molecule has 0 bridgehead atoms. The van der Waals surface area contributed by atoms with Gasteiger partial charge in [0.2, 0.25) is 5.96 Å². The van der Waals surface area contributed by atoms with Gasteiger partial charge in [0.15, 0.2) is 0 Å². The van der Waals surface area contributed by atoms with E-state index in [2.05, 4.69) is 20.4 Å². The number of fused-ring (bicyclic) bond motifs is 2. The molecule has 0 amide bonds. The van der Waals surface area contributed by atoms with Crippen molar-refractivity contribution in [2.24, 2.45) is 10.1 Å². The van der Waals surface area contributed by atoms with Crippen molar-refractivity contribution in [1.82, 2.24) is 19.9 Å². The summed E-state index contributed by atoms with van der Waals surface area (Å²) in [4.78, 5) is 8.90. The van der Waals surface area contributed by atoms with Crippen LogP contribution in [0.15, 0.2) is 22.2 Å². The molecule has 6 rings (SSSR count). The van der Waals surface area contributed by atoms with Crippen LogP contribution in [0.1, 0.15) is 30.7 Å². The molecular formula is C18H14F2N6. The lowest BCUT2D eigenvalue weighted by molar-refractivity contribution is 0.573. The summed E-state index contributed by atoms with van der Waals surface area (Å²) >= 11 is 0. The second-order valence-electron chi connectivity index (χ2n) is 6.90. The molecule has 1 fully saturated rings. The number of hydrogen-bond donors (Lipinski definition) is 1. The summed E-state index contributed by atoms with van der Waals surface area (Å²) in [5.41, 5.74) is 1.49. The monoisotopic (exact) mass is 352 g/mol. The maximum atomic E-state index is 15.1. The molecule has 1 aromatic carbocycles. The second kappa shape index (κ2) is 4.78. The van der Waals surface area contributed by atoms with Gasteiger partial charge in [0.1, 0.15) is 29.1 Å². The summed E-state index contributed by atoms with van der Waals surface area (Å²) in [6, 6.07) is 2.92. The molecule has 4 heterocycles. The van der Waals surface area contributed by atoms with Gasteiger partial charge >= 0.3 is 0 Å². The van der Waals surface area contributed by atoms with Crippen LogP contribution in [-0.2, 0) is 6.54 Å². The molecule has 0 radical (unpaired) electrons. The molecular weight excluding hydrogens is 338 g/mol. The first-order chi connectivity index (χ1) is 12.7. The number of guanidine groups is 1. The molecule has 1 saturated carbocycles. The fourth-order valence-corrected chi connectivity index (χ4v) is 3.97. The minimum atomic E-state index is -0.582. The first kappa shape index (κ1) is 14.2. The zero-order chi connectivity index (χ0) is 17.4. The number of benzene rings is 1. The average Bonchev–Trinajstić information content (AvgIpc) is 3.10. The fourth-order valence-electron chi connectivity index (χ4n) is 3.97. The van der Waals surface area contributed by atoms with E-state index in [1.54, 1.807) is 23.6 Å². The highest BCUT2D eigenvalue weighted by atomic mass is 19.1. The standard InChI is InChI=1S/C18H14F2N6/c19-11-4-3-10(9-1-2-9)15(20)14(11)17-24-12-7-21-18-22-8-23-26(18)13-5-6-25(17)16(12)13/h3-4,7-9H,1-2,5-6H2,(H,21,22,23). The number of aliphatic imine (C=N–C) groups is 1. The molecule has 0 spiro atoms. The van der Waals surface area contributed by atoms with Crippen molar-refractivity contribution in [1.29, 1.82) is 0 Å². The zero-order valence-electron chi connectivity index (χ0n) is 13.7. The van der Waals surface area contributed by atoms with E-state index in [-0.39, 0.29) is 11.5 Å². The van der Waals surface area contributed by atoms with Gasteiger partial charge in [-0.1, -0.05) is 6.07 Å². The fraction of sp³-hybridized carbons (Fsp3) is 0.278. The molecule has 1 aromatic heterocycles. The number of aromatic nitrogens is 2. The highest BCUT2D eigenvalue weighted by Gasteiger charge is 2.33. The van der Waals surface area contributed by atoms with Gasteiger partial charge in [-0.15, -0.1) is 0 Å². The second-order valence-corrected chi connectivity index (χ2v) is 6.90. The Bertz CT molecular complexity index is 1160. The summed E-state index contributed by atoms with van der Waals surface area (Å²) < 4.78 is 31.6. The molecule has 3 aliphatic heterocycles. The van der Waals surface area contributed by atoms with Gasteiger partial charge in [0, 0.05) is 13.0 Å². The maximum Gasteiger partial charge on any atom is 0.229 e. The normalized spacial score (nSPS) is 19.7. The Kier molecular flexibility index (Phi) is 2.60. The van der Waals surface area contributed by atoms with Crippen LogP contribution in [0.4, 0.5) is 8.78 Å². The quantitative estimate of drug-likeness (QED) is 0.883. The Morgan fingerprint density at radius 1 is 1.19 bits per heavy atom. The Balaban J connectivity index is 1.64. The van der Waals surface area contributed by atoms with E-state index in [0.717, 1.165) is 23.9 Å². The van der Waals surface area contributed by atoms with Crippen LogP contribution in [0.25, 0.3) is 23.3 Å². The lowest BCUT2D eigenvalue weighted by Gasteiger charge is -2.13. The van der Waals surface area contributed by atoms with Gasteiger partial charge in [-0.2, -0.15) is 5.10 Å². The number of nitrogens with one attached hydrogen (secondary N) is 1. The first-order valence-corrected chi connectivity index (χ1v) is 8.67. The number of rotatable bonds is 2. The van der Waals surface area contributed by atoms with Crippen LogP contribution in [0.5, 0.6) is 0 Å². The largest absolute Gasteiger partial charge is 0.322 e. The van der Waals surface area contributed by atoms with E-state index >= 15 is 4.39 Å². The van der Waals surface area contributed by atoms with Crippen LogP contribution < -0.4 is 16.0 Å². The number of halogens is 2. The number of hydrazone groups is 1. The lowest BCUT2D eigenvalue weighted by Crippen LogP contribution is -2.33. The van der Waals surface area contributed by atoms with Crippen molar-refractivity contribution in [3.63, 3.8) is 0 Å². The van der Waals surface area contributed by atoms with Crippen molar-refractivity contribution in [3.05, 3.63) is 40.0 Å². The van der Waals surface area contributed by atoms with Crippen molar-refractivity contribution in [2.45, 2.75) is 31.7 Å². The summed E-state index contributed by atoms with van der Waals surface area (Å²) in [5, 5.41) is 10.4. The molecule has 8 heteroatoms. The summed E-state index contributed by atoms with van der Waals surface area (Å²) in [6.45, 7) is 0.604. The molecule has 6 nitrogen and oxygen atoms in total. The average molecular weight is 352 g/mol. The van der Waals surface area contributed by atoms with E-state index in [0.29, 0.717) is 35.7 Å². The third-order valence-electron chi connectivity index (χ3n) is 5.33. The van der Waals surface area contributed by atoms with Crippen LogP contribution in [0.2, 0.25) is 0 Å². The zero-order valence-corrected chi connectivity index (χ0v) is 13.7. The highest BCUT2D eigenvalue weighted by molar-refractivity contribution is 5.99. The van der Waals surface area contributed by atoms with Crippen molar-refractivity contribution < 1.29 is 8.78 Å². The summed E-state index contributed by atoms with van der Waals surface area (Å²) in [7, 11) is 0. The van der Waals surface area contributed by atoms with Crippen molar-refractivity contribution in [3.8, 4) is 11.4 Å². The van der Waals surface area contributed by atoms with Gasteiger partial charge in [-0.25, -0.2) is 23.8 Å². The molecule has 0 unspecified atom stereocenters. The third kappa shape index (κ3) is 1.76. The molecule has 26 heavy (non-hydrogen) atoms. The van der Waals surface area contributed by atoms with Crippen LogP contribution in [0.3, 0.4) is 0 Å². The first-order valence-electron chi connectivity index (χ1n) is 8.67. The van der Waals surface area contributed by atoms with Crippen LogP contribution >= 0.6 is 0 Å². The Morgan fingerprint density at radius 2 is 2.08 bits per heavy atom. The summed E-state index contributed by atoms with van der Waals surface area (Å²) in [6.07, 6.45) is 5.81. The van der Waals surface area contributed by atoms with Gasteiger partial charge in [0.25, 0.3) is 0 Å². The Morgan fingerprint density at radius 3 is 2.92 bits per heavy atom. The summed E-state index contributed by atoms with van der Waals surface area (Å²) in [5.74, 6) is 0.0745. The van der Waals surface area contributed by atoms with Gasteiger partial charge in [-0.05, 0) is 30.4 Å². The molecule has 4 aliphatic rings. The van der Waals surface area contributed by atoms with Crippen molar-refractivity contribution in [2.75, 3.05) is 0 Å². The molecule has 0 atom stereocenters. The third-order valence-corrected chi connectivity index (χ3v) is 5.33. The topological polar surface area (TPSA) is 57.8 Å². The van der Waals surface area contributed by atoms with Crippen molar-refractivity contribution >= 4 is 24.2 Å². The minimum absolute atomic E-state index is 0.0376. The predicted molar refractivity (Wildman–Crippen MR) is 92.2 cm³/mol. The van der Waals surface area contributed by atoms with Gasteiger partial charge in [-0.3, -0.25) is 0 Å². The predicted octanol–water partition coefficient (Wildman–Crippen LogP) is 1.17. The molecule has 0 saturated heterocycles. The molecule has 2 aromatic rings. The molecule has 1 aliphatic carbocycles. The minimum Gasteiger partial charge on any atom is -0.322 e. The van der Waals surface area contributed by atoms with Crippen LogP contribution in [0, 0.1) is 11.6 Å². The maximum absolute atomic E-state index is 15.1. The van der Waals surface area contributed by atoms with Gasteiger partial charge < -0.3 is 9.88 Å². The Labute approximate surface area is 146 Å².